The largest absolute Gasteiger partial charge is 0.371 e. The zero-order chi connectivity index (χ0) is 17.4. The average molecular weight is 331 g/mol. The number of nitrogens with zero attached hydrogens (tertiary/aromatic N) is 1. The van der Waals surface area contributed by atoms with Crippen molar-refractivity contribution < 1.29 is 14.4 Å². The van der Waals surface area contributed by atoms with E-state index in [1.807, 2.05) is 6.07 Å². The standard InChI is InChI=1S/C21H17NO3/c23-13-10-18(22-11-3-4-12-22)16-8-5-9-17-19(16)21(25)15-7-2-1-6-14(15)20(17)24/h1-2,5-10,13H,3-4,11-12H2. The zero-order valence-electron chi connectivity index (χ0n) is 13.7. The Balaban J connectivity index is 1.93. The van der Waals surface area contributed by atoms with Crippen molar-refractivity contribution in [3.05, 3.63) is 76.4 Å². The lowest BCUT2D eigenvalue weighted by Gasteiger charge is -2.26. The van der Waals surface area contributed by atoms with Crippen LogP contribution in [0.4, 0.5) is 0 Å². The van der Waals surface area contributed by atoms with Gasteiger partial charge in [-0.2, -0.15) is 0 Å². The molecule has 0 atom stereocenters. The minimum atomic E-state index is -0.156. The molecule has 4 heteroatoms. The van der Waals surface area contributed by atoms with Gasteiger partial charge in [0.2, 0.25) is 0 Å². The van der Waals surface area contributed by atoms with E-state index < -0.39 is 0 Å². The van der Waals surface area contributed by atoms with Gasteiger partial charge in [-0.3, -0.25) is 14.4 Å². The highest BCUT2D eigenvalue weighted by atomic mass is 16.1. The van der Waals surface area contributed by atoms with Crippen LogP contribution in [0.5, 0.6) is 0 Å². The first-order valence-corrected chi connectivity index (χ1v) is 8.44. The molecular formula is C21H17NO3. The molecule has 2 aromatic carbocycles. The average Bonchev–Trinajstić information content (AvgIpc) is 3.18. The molecule has 1 saturated heterocycles. The van der Waals surface area contributed by atoms with Crippen molar-refractivity contribution in [2.45, 2.75) is 12.8 Å². The fraction of sp³-hybridized carbons (Fsp3) is 0.190. The number of rotatable bonds is 3. The molecule has 124 valence electrons. The highest BCUT2D eigenvalue weighted by Gasteiger charge is 2.32. The van der Waals surface area contributed by atoms with Gasteiger partial charge in [0, 0.05) is 52.7 Å². The van der Waals surface area contributed by atoms with Crippen molar-refractivity contribution in [2.24, 2.45) is 0 Å². The number of likely N-dealkylation sites (tertiary alicyclic amines) is 1. The highest BCUT2D eigenvalue weighted by Crippen LogP contribution is 2.34. The topological polar surface area (TPSA) is 54.5 Å². The SMILES string of the molecule is O=CC=C(c1cccc2c1C(=O)c1ccccc1C2=O)N1CCCC1. The molecule has 0 saturated carbocycles. The summed E-state index contributed by atoms with van der Waals surface area (Å²) in [6, 6.07) is 12.2. The number of benzene rings is 2. The van der Waals surface area contributed by atoms with E-state index >= 15 is 0 Å². The van der Waals surface area contributed by atoms with Crippen molar-refractivity contribution in [3.8, 4) is 0 Å². The maximum Gasteiger partial charge on any atom is 0.195 e. The number of allylic oxidation sites excluding steroid dienone is 1. The molecule has 0 amide bonds. The van der Waals surface area contributed by atoms with Gasteiger partial charge in [-0.25, -0.2) is 0 Å². The lowest BCUT2D eigenvalue weighted by molar-refractivity contribution is -0.104. The molecular weight excluding hydrogens is 314 g/mol. The third-order valence-corrected chi connectivity index (χ3v) is 4.90. The number of hydrogen-bond acceptors (Lipinski definition) is 4. The second-order valence-electron chi connectivity index (χ2n) is 6.31. The Morgan fingerprint density at radius 1 is 0.840 bits per heavy atom. The molecule has 0 unspecified atom stereocenters. The Morgan fingerprint density at radius 3 is 2.16 bits per heavy atom. The Labute approximate surface area is 145 Å². The molecule has 1 aliphatic carbocycles. The van der Waals surface area contributed by atoms with E-state index in [0.717, 1.165) is 37.9 Å². The summed E-state index contributed by atoms with van der Waals surface area (Å²) in [6.45, 7) is 1.70. The van der Waals surface area contributed by atoms with E-state index in [1.165, 1.54) is 6.08 Å². The van der Waals surface area contributed by atoms with Gasteiger partial charge >= 0.3 is 0 Å². The molecule has 4 nitrogen and oxygen atoms in total. The van der Waals surface area contributed by atoms with Crippen molar-refractivity contribution in [1.82, 2.24) is 4.90 Å². The molecule has 4 rings (SSSR count). The fourth-order valence-electron chi connectivity index (χ4n) is 3.75. The van der Waals surface area contributed by atoms with Gasteiger partial charge < -0.3 is 4.90 Å². The van der Waals surface area contributed by atoms with Crippen LogP contribution in [0.3, 0.4) is 0 Å². The smallest absolute Gasteiger partial charge is 0.195 e. The van der Waals surface area contributed by atoms with Crippen LogP contribution in [0.1, 0.15) is 50.2 Å². The van der Waals surface area contributed by atoms with E-state index in [0.29, 0.717) is 27.8 Å². The first-order chi connectivity index (χ1) is 12.2. The Bertz CT molecular complexity index is 920. The summed E-state index contributed by atoms with van der Waals surface area (Å²) < 4.78 is 0. The van der Waals surface area contributed by atoms with Gasteiger partial charge in [0.15, 0.2) is 11.6 Å². The van der Waals surface area contributed by atoms with Gasteiger partial charge in [0.25, 0.3) is 0 Å². The minimum Gasteiger partial charge on any atom is -0.371 e. The van der Waals surface area contributed by atoms with Gasteiger partial charge in [-0.1, -0.05) is 42.5 Å². The quantitative estimate of drug-likeness (QED) is 0.547. The van der Waals surface area contributed by atoms with E-state index in [4.69, 9.17) is 0 Å². The van der Waals surface area contributed by atoms with E-state index in [9.17, 15) is 14.4 Å². The molecule has 0 N–H and O–H groups in total. The van der Waals surface area contributed by atoms with Crippen LogP contribution in [0.25, 0.3) is 5.70 Å². The van der Waals surface area contributed by atoms with Crippen LogP contribution in [0.15, 0.2) is 48.5 Å². The van der Waals surface area contributed by atoms with Crippen LogP contribution in [-0.2, 0) is 4.79 Å². The summed E-state index contributed by atoms with van der Waals surface area (Å²) in [6.07, 6.45) is 4.36. The monoisotopic (exact) mass is 331 g/mol. The Morgan fingerprint density at radius 2 is 1.48 bits per heavy atom. The molecule has 0 aromatic heterocycles. The second kappa shape index (κ2) is 6.13. The zero-order valence-corrected chi connectivity index (χ0v) is 13.7. The number of aldehydes is 1. The van der Waals surface area contributed by atoms with E-state index in [1.54, 1.807) is 36.4 Å². The molecule has 0 radical (unpaired) electrons. The van der Waals surface area contributed by atoms with Crippen molar-refractivity contribution in [1.29, 1.82) is 0 Å². The van der Waals surface area contributed by atoms with Gasteiger partial charge in [0.1, 0.15) is 6.29 Å². The van der Waals surface area contributed by atoms with Crippen molar-refractivity contribution >= 4 is 23.5 Å². The van der Waals surface area contributed by atoms with Crippen LogP contribution in [0.2, 0.25) is 0 Å². The number of carbonyl (C=O) groups excluding carboxylic acids is 3. The summed E-state index contributed by atoms with van der Waals surface area (Å²) in [5.74, 6) is -0.296. The van der Waals surface area contributed by atoms with Crippen LogP contribution >= 0.6 is 0 Å². The molecule has 2 aromatic rings. The predicted octanol–water partition coefficient (Wildman–Crippen LogP) is 3.10. The molecule has 2 aliphatic rings. The summed E-state index contributed by atoms with van der Waals surface area (Å²) in [5.41, 5.74) is 3.09. The lowest BCUT2D eigenvalue weighted by atomic mass is 9.81. The van der Waals surface area contributed by atoms with Gasteiger partial charge in [0.05, 0.1) is 0 Å². The van der Waals surface area contributed by atoms with E-state index in [-0.39, 0.29) is 11.6 Å². The highest BCUT2D eigenvalue weighted by molar-refractivity contribution is 6.29. The summed E-state index contributed by atoms with van der Waals surface area (Å²) in [4.78, 5) is 39.3. The molecule has 1 aliphatic heterocycles. The number of ketones is 2. The van der Waals surface area contributed by atoms with Gasteiger partial charge in [-0.05, 0) is 12.8 Å². The molecule has 25 heavy (non-hydrogen) atoms. The summed E-state index contributed by atoms with van der Waals surface area (Å²) in [7, 11) is 0. The van der Waals surface area contributed by atoms with Crippen LogP contribution in [0, 0.1) is 0 Å². The second-order valence-corrected chi connectivity index (χ2v) is 6.31. The van der Waals surface area contributed by atoms with Crippen LogP contribution in [-0.4, -0.2) is 35.8 Å². The normalized spacial score (nSPS) is 16.6. The predicted molar refractivity (Wildman–Crippen MR) is 94.6 cm³/mol. The fourth-order valence-corrected chi connectivity index (χ4v) is 3.75. The maximum atomic E-state index is 13.1. The lowest BCUT2D eigenvalue weighted by Crippen LogP contribution is -2.25. The molecule has 1 heterocycles. The number of hydrogen-bond donors (Lipinski definition) is 0. The minimum absolute atomic E-state index is 0.140. The number of carbonyl (C=O) groups is 3. The molecule has 0 bridgehead atoms. The van der Waals surface area contributed by atoms with Gasteiger partial charge in [-0.15, -0.1) is 0 Å². The Hall–Kier alpha value is -3.01. The number of fused-ring (bicyclic) bond motifs is 2. The Kier molecular flexibility index (Phi) is 3.80. The molecule has 1 fully saturated rings. The third kappa shape index (κ3) is 2.41. The third-order valence-electron chi connectivity index (χ3n) is 4.90. The van der Waals surface area contributed by atoms with Crippen molar-refractivity contribution in [2.75, 3.05) is 13.1 Å². The van der Waals surface area contributed by atoms with Crippen molar-refractivity contribution in [3.63, 3.8) is 0 Å². The maximum absolute atomic E-state index is 13.1. The van der Waals surface area contributed by atoms with E-state index in [2.05, 4.69) is 4.90 Å². The first-order valence-electron chi connectivity index (χ1n) is 8.44. The summed E-state index contributed by atoms with van der Waals surface area (Å²) >= 11 is 0. The molecule has 0 spiro atoms. The summed E-state index contributed by atoms with van der Waals surface area (Å²) in [5, 5.41) is 0. The first kappa shape index (κ1) is 15.5. The van der Waals surface area contributed by atoms with Crippen LogP contribution < -0.4 is 0 Å².